The van der Waals surface area contributed by atoms with E-state index in [0.29, 0.717) is 23.3 Å². The lowest BCUT2D eigenvalue weighted by atomic mass is 10.2. The molecule has 1 heterocycles. The van der Waals surface area contributed by atoms with Crippen molar-refractivity contribution in [3.8, 4) is 0 Å². The molecule has 20 heavy (non-hydrogen) atoms. The predicted molar refractivity (Wildman–Crippen MR) is 82.7 cm³/mol. The minimum atomic E-state index is -3.18. The summed E-state index contributed by atoms with van der Waals surface area (Å²) in [5.74, 6) is 1.68. The van der Waals surface area contributed by atoms with Crippen LogP contribution in [0.1, 0.15) is 18.4 Å². The Bertz CT molecular complexity index is 508. The van der Waals surface area contributed by atoms with Crippen LogP contribution in [0.3, 0.4) is 0 Å². The molecule has 112 valence electrons. The van der Waals surface area contributed by atoms with Crippen molar-refractivity contribution in [3.05, 3.63) is 29.8 Å². The molecule has 2 N–H and O–H groups in total. The molecule has 0 amide bonds. The minimum Gasteiger partial charge on any atom is -0.377 e. The highest BCUT2D eigenvalue weighted by molar-refractivity contribution is 8.00. The maximum absolute atomic E-state index is 12.2. The quantitative estimate of drug-likeness (QED) is 0.777. The molecule has 0 spiro atoms. The molecule has 1 saturated heterocycles. The molecule has 0 radical (unpaired) electrons. The van der Waals surface area contributed by atoms with Gasteiger partial charge in [0, 0.05) is 24.7 Å². The number of sulfone groups is 1. The van der Waals surface area contributed by atoms with Crippen molar-refractivity contribution in [2.45, 2.75) is 30.4 Å². The van der Waals surface area contributed by atoms with Crippen molar-refractivity contribution < 1.29 is 13.2 Å². The van der Waals surface area contributed by atoms with Gasteiger partial charge in [0.25, 0.3) is 0 Å². The molecule has 1 aromatic rings. The Labute approximate surface area is 125 Å². The van der Waals surface area contributed by atoms with Gasteiger partial charge in [0.2, 0.25) is 0 Å². The highest BCUT2D eigenvalue weighted by Crippen LogP contribution is 2.19. The van der Waals surface area contributed by atoms with Gasteiger partial charge in [-0.25, -0.2) is 8.42 Å². The van der Waals surface area contributed by atoms with Gasteiger partial charge < -0.3 is 10.5 Å². The largest absolute Gasteiger partial charge is 0.377 e. The molecule has 6 heteroatoms. The molecule has 0 saturated carbocycles. The van der Waals surface area contributed by atoms with Crippen LogP contribution in [0.25, 0.3) is 0 Å². The summed E-state index contributed by atoms with van der Waals surface area (Å²) in [6, 6.07) is 6.82. The lowest BCUT2D eigenvalue weighted by Crippen LogP contribution is -2.12. The highest BCUT2D eigenvalue weighted by Gasteiger charge is 2.17. The summed E-state index contributed by atoms with van der Waals surface area (Å²) in [5, 5.41) is 0. The van der Waals surface area contributed by atoms with E-state index in [9.17, 15) is 8.42 Å². The first kappa shape index (κ1) is 15.8. The summed E-state index contributed by atoms with van der Waals surface area (Å²) in [4.78, 5) is 0.382. The summed E-state index contributed by atoms with van der Waals surface area (Å²) < 4.78 is 29.8. The number of ether oxygens (including phenoxy) is 1. The van der Waals surface area contributed by atoms with E-state index < -0.39 is 9.84 Å². The Balaban J connectivity index is 1.80. The molecule has 1 unspecified atom stereocenters. The van der Waals surface area contributed by atoms with Gasteiger partial charge in [0.05, 0.1) is 16.8 Å². The van der Waals surface area contributed by atoms with Crippen LogP contribution < -0.4 is 5.73 Å². The Morgan fingerprint density at radius 3 is 2.65 bits per heavy atom. The Kier molecular flexibility index (Phi) is 5.89. The molecule has 4 nitrogen and oxygen atoms in total. The van der Waals surface area contributed by atoms with Gasteiger partial charge in [-0.1, -0.05) is 12.1 Å². The van der Waals surface area contributed by atoms with Crippen LogP contribution in [0.5, 0.6) is 0 Å². The third kappa shape index (κ3) is 4.48. The second-order valence-electron chi connectivity index (χ2n) is 4.88. The topological polar surface area (TPSA) is 69.4 Å². The SMILES string of the molecule is NCc1ccc(S(=O)(=O)CCSCC2CCCO2)cc1. The second kappa shape index (κ2) is 7.45. The molecule has 1 fully saturated rings. The number of benzene rings is 1. The standard InChI is InChI=1S/C14H21NO3S2/c15-10-12-3-5-14(6-4-12)20(16,17)9-8-19-11-13-2-1-7-18-13/h3-6,13H,1-2,7-11,15H2. The molecule has 1 aliphatic heterocycles. The van der Waals surface area contributed by atoms with Crippen LogP contribution in [0.15, 0.2) is 29.2 Å². The van der Waals surface area contributed by atoms with E-state index >= 15 is 0 Å². The van der Waals surface area contributed by atoms with Gasteiger partial charge in [-0.2, -0.15) is 11.8 Å². The lowest BCUT2D eigenvalue weighted by molar-refractivity contribution is 0.129. The van der Waals surface area contributed by atoms with E-state index in [1.165, 1.54) is 0 Å². The number of thioether (sulfide) groups is 1. The van der Waals surface area contributed by atoms with E-state index in [4.69, 9.17) is 10.5 Å². The van der Waals surface area contributed by atoms with Crippen LogP contribution in [0, 0.1) is 0 Å². The first-order valence-electron chi connectivity index (χ1n) is 6.83. The molecule has 0 aromatic heterocycles. The third-order valence-corrected chi connectivity index (χ3v) is 6.43. The van der Waals surface area contributed by atoms with Crippen molar-refractivity contribution in [2.75, 3.05) is 23.9 Å². The smallest absolute Gasteiger partial charge is 0.179 e. The normalized spacial score (nSPS) is 19.4. The first-order chi connectivity index (χ1) is 9.62. The fourth-order valence-corrected chi connectivity index (χ4v) is 4.94. The van der Waals surface area contributed by atoms with Crippen molar-refractivity contribution >= 4 is 21.6 Å². The molecule has 0 bridgehead atoms. The summed E-state index contributed by atoms with van der Waals surface area (Å²) in [6.45, 7) is 1.27. The van der Waals surface area contributed by atoms with Crippen LogP contribution in [0.4, 0.5) is 0 Å². The Morgan fingerprint density at radius 2 is 2.05 bits per heavy atom. The average Bonchev–Trinajstić information content (AvgIpc) is 2.97. The van der Waals surface area contributed by atoms with Gasteiger partial charge in [-0.05, 0) is 30.5 Å². The fraction of sp³-hybridized carbons (Fsp3) is 0.571. The van der Waals surface area contributed by atoms with Gasteiger partial charge in [0.15, 0.2) is 9.84 Å². The van der Waals surface area contributed by atoms with E-state index in [2.05, 4.69) is 0 Å². The van der Waals surface area contributed by atoms with E-state index in [1.54, 1.807) is 36.0 Å². The number of hydrogen-bond acceptors (Lipinski definition) is 5. The zero-order chi connectivity index (χ0) is 14.4. The molecule has 1 aliphatic rings. The first-order valence-corrected chi connectivity index (χ1v) is 9.63. The minimum absolute atomic E-state index is 0.173. The van der Waals surface area contributed by atoms with Gasteiger partial charge in [0.1, 0.15) is 0 Å². The summed E-state index contributed by atoms with van der Waals surface area (Å²) >= 11 is 1.66. The van der Waals surface area contributed by atoms with Crippen LogP contribution >= 0.6 is 11.8 Å². The van der Waals surface area contributed by atoms with Crippen LogP contribution in [-0.4, -0.2) is 38.4 Å². The molecule has 1 aromatic carbocycles. The van der Waals surface area contributed by atoms with E-state index in [1.807, 2.05) is 0 Å². The zero-order valence-electron chi connectivity index (χ0n) is 11.5. The predicted octanol–water partition coefficient (Wildman–Crippen LogP) is 1.83. The monoisotopic (exact) mass is 315 g/mol. The fourth-order valence-electron chi connectivity index (χ4n) is 2.11. The van der Waals surface area contributed by atoms with Crippen LogP contribution in [-0.2, 0) is 21.1 Å². The van der Waals surface area contributed by atoms with Crippen LogP contribution in [0.2, 0.25) is 0 Å². The molecule has 1 atom stereocenters. The average molecular weight is 315 g/mol. The maximum Gasteiger partial charge on any atom is 0.179 e. The summed E-state index contributed by atoms with van der Waals surface area (Å²) in [6.07, 6.45) is 2.53. The van der Waals surface area contributed by atoms with E-state index in [0.717, 1.165) is 30.8 Å². The molecule has 2 rings (SSSR count). The van der Waals surface area contributed by atoms with Gasteiger partial charge in [-0.15, -0.1) is 0 Å². The van der Waals surface area contributed by atoms with Crippen molar-refractivity contribution in [2.24, 2.45) is 5.73 Å². The van der Waals surface area contributed by atoms with Gasteiger partial charge >= 0.3 is 0 Å². The third-order valence-electron chi connectivity index (χ3n) is 3.34. The Hall–Kier alpha value is -0.560. The van der Waals surface area contributed by atoms with Gasteiger partial charge in [-0.3, -0.25) is 0 Å². The summed E-state index contributed by atoms with van der Waals surface area (Å²) in [5.41, 5.74) is 6.44. The molecular formula is C14H21NO3S2. The number of hydrogen-bond donors (Lipinski definition) is 1. The maximum atomic E-state index is 12.2. The zero-order valence-corrected chi connectivity index (χ0v) is 13.1. The number of rotatable bonds is 7. The summed E-state index contributed by atoms with van der Waals surface area (Å²) in [7, 11) is -3.18. The molecular weight excluding hydrogens is 294 g/mol. The Morgan fingerprint density at radius 1 is 1.30 bits per heavy atom. The lowest BCUT2D eigenvalue weighted by Gasteiger charge is -2.09. The highest BCUT2D eigenvalue weighted by atomic mass is 32.2. The van der Waals surface area contributed by atoms with E-state index in [-0.39, 0.29) is 5.75 Å². The number of nitrogens with two attached hydrogens (primary N) is 1. The van der Waals surface area contributed by atoms with Crippen molar-refractivity contribution in [1.82, 2.24) is 0 Å². The van der Waals surface area contributed by atoms with Crippen molar-refractivity contribution in [1.29, 1.82) is 0 Å². The van der Waals surface area contributed by atoms with Crippen molar-refractivity contribution in [3.63, 3.8) is 0 Å². The second-order valence-corrected chi connectivity index (χ2v) is 8.14. The molecule has 0 aliphatic carbocycles.